The van der Waals surface area contributed by atoms with Gasteiger partial charge in [-0.3, -0.25) is 0 Å². The Morgan fingerprint density at radius 2 is 1.71 bits per heavy atom. The van der Waals surface area contributed by atoms with Crippen molar-refractivity contribution in [1.29, 1.82) is 0 Å². The van der Waals surface area contributed by atoms with Crippen molar-refractivity contribution in [1.82, 2.24) is 0 Å². The van der Waals surface area contributed by atoms with Crippen LogP contribution in [0.4, 0.5) is 0 Å². The molecule has 0 saturated carbocycles. The van der Waals surface area contributed by atoms with E-state index in [9.17, 15) is 0 Å². The van der Waals surface area contributed by atoms with Gasteiger partial charge in [-0.25, -0.2) is 0 Å². The highest BCUT2D eigenvalue weighted by atomic mass is 32.2. The first-order valence-electron chi connectivity index (χ1n) is 4.83. The summed E-state index contributed by atoms with van der Waals surface area (Å²) in [4.78, 5) is 1.56. The first-order chi connectivity index (χ1) is 6.47. The van der Waals surface area contributed by atoms with Gasteiger partial charge in [-0.2, -0.15) is 0 Å². The number of hydrogen-bond acceptors (Lipinski definition) is 3. The summed E-state index contributed by atoms with van der Waals surface area (Å²) in [5.74, 6) is 0. The predicted octanol–water partition coefficient (Wildman–Crippen LogP) is 4.48. The molecule has 1 rings (SSSR count). The first kappa shape index (κ1) is 12.9. The molecule has 0 amide bonds. The average Bonchev–Trinajstić information content (AvgIpc) is 2.15. The Balaban J connectivity index is 2.97. The highest BCUT2D eigenvalue weighted by Gasteiger charge is 2.38. The fourth-order valence-corrected chi connectivity index (χ4v) is 5.29. The average molecular weight is 248 g/mol. The van der Waals surface area contributed by atoms with Crippen LogP contribution in [0.3, 0.4) is 0 Å². The monoisotopic (exact) mass is 248 g/mol. The van der Waals surface area contributed by atoms with E-state index in [1.165, 1.54) is 12.8 Å². The van der Waals surface area contributed by atoms with Crippen LogP contribution in [0, 0.1) is 5.41 Å². The Labute approximate surface area is 101 Å². The minimum absolute atomic E-state index is 0.320. The second-order valence-corrected chi connectivity index (χ2v) is 8.02. The van der Waals surface area contributed by atoms with Crippen LogP contribution in [0.5, 0.6) is 0 Å². The van der Waals surface area contributed by atoms with E-state index < -0.39 is 0 Å². The van der Waals surface area contributed by atoms with E-state index in [0.717, 1.165) is 0 Å². The topological polar surface area (TPSA) is 0 Å². The highest BCUT2D eigenvalue weighted by molar-refractivity contribution is 8.18. The van der Waals surface area contributed by atoms with E-state index in [1.807, 2.05) is 35.3 Å². The predicted molar refractivity (Wildman–Crippen MR) is 74.4 cm³/mol. The summed E-state index contributed by atoms with van der Waals surface area (Å²) in [5.41, 5.74) is 0.457. The molecule has 0 atom stereocenters. The molecule has 0 spiro atoms. The van der Waals surface area contributed by atoms with E-state index >= 15 is 0 Å². The molecule has 0 bridgehead atoms. The fraction of sp³-hybridized carbons (Fsp3) is 0.818. The molecule has 0 N–H and O–H groups in total. The third-order valence-electron chi connectivity index (χ3n) is 2.71. The molecule has 1 aliphatic carbocycles. The standard InChI is InChI=1S/C11H20S3/c1-10(2)6-9(12-3)7-11(8-10,13-4)14-5/h7H,6,8H2,1-5H3. The summed E-state index contributed by atoms with van der Waals surface area (Å²) in [6, 6.07) is 0. The van der Waals surface area contributed by atoms with Gasteiger partial charge in [0.15, 0.2) is 0 Å². The van der Waals surface area contributed by atoms with Gasteiger partial charge in [0.2, 0.25) is 0 Å². The fourth-order valence-electron chi connectivity index (χ4n) is 2.03. The zero-order valence-electron chi connectivity index (χ0n) is 9.72. The van der Waals surface area contributed by atoms with Crippen molar-refractivity contribution in [3.63, 3.8) is 0 Å². The van der Waals surface area contributed by atoms with Gasteiger partial charge in [0, 0.05) is 0 Å². The molecular formula is C11H20S3. The van der Waals surface area contributed by atoms with Crippen LogP contribution in [0.25, 0.3) is 0 Å². The van der Waals surface area contributed by atoms with Gasteiger partial charge in [-0.1, -0.05) is 13.8 Å². The van der Waals surface area contributed by atoms with Gasteiger partial charge in [0.25, 0.3) is 0 Å². The van der Waals surface area contributed by atoms with Gasteiger partial charge in [0.1, 0.15) is 0 Å². The lowest BCUT2D eigenvalue weighted by atomic mass is 9.80. The maximum atomic E-state index is 2.48. The van der Waals surface area contributed by atoms with Crippen LogP contribution in [0.1, 0.15) is 26.7 Å². The Bertz CT molecular complexity index is 227. The number of thioether (sulfide) groups is 3. The molecule has 0 fully saturated rings. The Morgan fingerprint density at radius 3 is 2.14 bits per heavy atom. The molecule has 0 aromatic carbocycles. The molecule has 0 unspecified atom stereocenters. The maximum absolute atomic E-state index is 2.48. The van der Waals surface area contributed by atoms with Crippen LogP contribution < -0.4 is 0 Å². The van der Waals surface area contributed by atoms with Gasteiger partial charge in [-0.05, 0) is 48.0 Å². The van der Waals surface area contributed by atoms with E-state index in [2.05, 4.69) is 38.7 Å². The minimum atomic E-state index is 0.320. The largest absolute Gasteiger partial charge is 0.143 e. The number of rotatable bonds is 3. The zero-order valence-corrected chi connectivity index (χ0v) is 12.2. The van der Waals surface area contributed by atoms with Crippen LogP contribution in [0.2, 0.25) is 0 Å². The molecule has 0 heterocycles. The van der Waals surface area contributed by atoms with Gasteiger partial charge in [-0.15, -0.1) is 35.3 Å². The quantitative estimate of drug-likeness (QED) is 0.676. The molecule has 0 aromatic heterocycles. The summed E-state index contributed by atoms with van der Waals surface area (Å²) < 4.78 is 0.320. The van der Waals surface area contributed by atoms with Gasteiger partial charge in [0.05, 0.1) is 4.08 Å². The van der Waals surface area contributed by atoms with Crippen molar-refractivity contribution in [3.8, 4) is 0 Å². The van der Waals surface area contributed by atoms with Crippen LogP contribution in [0.15, 0.2) is 11.0 Å². The maximum Gasteiger partial charge on any atom is 0.0801 e. The molecule has 0 aliphatic heterocycles. The number of allylic oxidation sites excluding steroid dienone is 1. The van der Waals surface area contributed by atoms with Crippen molar-refractivity contribution >= 4 is 35.3 Å². The molecule has 82 valence electrons. The third-order valence-corrected chi connectivity index (χ3v) is 6.40. The van der Waals surface area contributed by atoms with Crippen molar-refractivity contribution in [3.05, 3.63) is 11.0 Å². The van der Waals surface area contributed by atoms with E-state index in [4.69, 9.17) is 0 Å². The zero-order chi connectivity index (χ0) is 10.8. The summed E-state index contributed by atoms with van der Waals surface area (Å²) in [5, 5.41) is 0. The molecule has 0 saturated heterocycles. The Kier molecular flexibility index (Phi) is 4.36. The molecule has 0 aromatic rings. The molecule has 0 nitrogen and oxygen atoms in total. The molecular weight excluding hydrogens is 228 g/mol. The molecule has 3 heteroatoms. The number of hydrogen-bond donors (Lipinski definition) is 0. The Hall–Kier alpha value is 0.790. The molecule has 1 aliphatic rings. The second-order valence-electron chi connectivity index (χ2n) is 4.55. The van der Waals surface area contributed by atoms with Crippen molar-refractivity contribution in [2.75, 3.05) is 18.8 Å². The minimum Gasteiger partial charge on any atom is -0.143 e. The summed E-state index contributed by atoms with van der Waals surface area (Å²) >= 11 is 5.89. The SMILES string of the molecule is CSC1=CC(SC)(SC)CC(C)(C)C1. The van der Waals surface area contributed by atoms with E-state index in [1.54, 1.807) is 4.91 Å². The smallest absolute Gasteiger partial charge is 0.0801 e. The summed E-state index contributed by atoms with van der Waals surface area (Å²) in [6.07, 6.45) is 11.7. The van der Waals surface area contributed by atoms with Crippen molar-refractivity contribution in [2.24, 2.45) is 5.41 Å². The lowest BCUT2D eigenvalue weighted by molar-refractivity contribution is 0.324. The second kappa shape index (κ2) is 4.75. The molecule has 14 heavy (non-hydrogen) atoms. The molecule has 0 radical (unpaired) electrons. The van der Waals surface area contributed by atoms with Crippen LogP contribution in [-0.4, -0.2) is 22.8 Å². The van der Waals surface area contributed by atoms with E-state index in [0.29, 0.717) is 9.49 Å². The lowest BCUT2D eigenvalue weighted by Gasteiger charge is -2.41. The van der Waals surface area contributed by atoms with Crippen molar-refractivity contribution in [2.45, 2.75) is 30.8 Å². The van der Waals surface area contributed by atoms with E-state index in [-0.39, 0.29) is 0 Å². The Morgan fingerprint density at radius 1 is 1.14 bits per heavy atom. The van der Waals surface area contributed by atoms with Crippen LogP contribution >= 0.6 is 35.3 Å². The normalized spacial score (nSPS) is 24.5. The van der Waals surface area contributed by atoms with Crippen LogP contribution in [-0.2, 0) is 0 Å². The highest BCUT2D eigenvalue weighted by Crippen LogP contribution is 2.52. The lowest BCUT2D eigenvalue weighted by Crippen LogP contribution is -2.31. The summed E-state index contributed by atoms with van der Waals surface area (Å²) in [6.45, 7) is 4.77. The third kappa shape index (κ3) is 2.89. The van der Waals surface area contributed by atoms with Gasteiger partial charge >= 0.3 is 0 Å². The van der Waals surface area contributed by atoms with Gasteiger partial charge < -0.3 is 0 Å². The summed E-state index contributed by atoms with van der Waals surface area (Å²) in [7, 11) is 0. The first-order valence-corrected chi connectivity index (χ1v) is 8.50. The van der Waals surface area contributed by atoms with Crippen molar-refractivity contribution < 1.29 is 0 Å².